The number of aliphatic hydroxyl groups is 1. The minimum Gasteiger partial charge on any atom is -0.395 e. The maximum atomic E-state index is 12.3. The van der Waals surface area contributed by atoms with Crippen molar-refractivity contribution in [3.63, 3.8) is 0 Å². The van der Waals surface area contributed by atoms with Crippen LogP contribution in [0, 0.1) is 0 Å². The van der Waals surface area contributed by atoms with Gasteiger partial charge in [0.05, 0.1) is 12.4 Å². The van der Waals surface area contributed by atoms with E-state index < -0.39 is 10.0 Å². The van der Waals surface area contributed by atoms with Gasteiger partial charge in [0.25, 0.3) is 0 Å². The minimum absolute atomic E-state index is 0.120. The summed E-state index contributed by atoms with van der Waals surface area (Å²) in [6, 6.07) is 3.68. The summed E-state index contributed by atoms with van der Waals surface area (Å²) in [4.78, 5) is 6.00. The molecule has 1 aliphatic rings. The summed E-state index contributed by atoms with van der Waals surface area (Å²) < 4.78 is 26.1. The summed E-state index contributed by atoms with van der Waals surface area (Å²) >= 11 is 0. The van der Waals surface area contributed by atoms with E-state index in [1.165, 1.54) is 0 Å². The number of piperazine rings is 1. The first-order chi connectivity index (χ1) is 9.62. The van der Waals surface area contributed by atoms with Gasteiger partial charge in [-0.2, -0.15) is 4.31 Å². The molecule has 2 rings (SSSR count). The van der Waals surface area contributed by atoms with Crippen LogP contribution in [0.25, 0.3) is 0 Å². The second-order valence-corrected chi connectivity index (χ2v) is 6.97. The fourth-order valence-electron chi connectivity index (χ4n) is 2.30. The smallest absolute Gasteiger partial charge is 0.214 e. The van der Waals surface area contributed by atoms with Crippen molar-refractivity contribution >= 4 is 10.0 Å². The molecule has 1 saturated heterocycles. The van der Waals surface area contributed by atoms with Crippen molar-refractivity contribution in [2.45, 2.75) is 6.42 Å². The van der Waals surface area contributed by atoms with Crippen LogP contribution in [0.5, 0.6) is 0 Å². The Bertz CT molecular complexity index is 499. The van der Waals surface area contributed by atoms with Gasteiger partial charge in [-0.25, -0.2) is 8.42 Å². The minimum atomic E-state index is -3.20. The van der Waals surface area contributed by atoms with Crippen LogP contribution in [0.3, 0.4) is 0 Å². The van der Waals surface area contributed by atoms with E-state index in [4.69, 9.17) is 5.11 Å². The van der Waals surface area contributed by atoms with Crippen molar-refractivity contribution in [1.29, 1.82) is 0 Å². The van der Waals surface area contributed by atoms with Gasteiger partial charge in [0, 0.05) is 45.1 Å². The SMILES string of the molecule is O=S(=O)(CCc1ccncc1)N1CCN(CCO)CC1. The molecule has 7 heteroatoms. The van der Waals surface area contributed by atoms with E-state index in [1.807, 2.05) is 12.1 Å². The predicted molar refractivity (Wildman–Crippen MR) is 76.8 cm³/mol. The zero-order valence-corrected chi connectivity index (χ0v) is 12.3. The molecule has 0 radical (unpaired) electrons. The number of pyridine rings is 1. The third-order valence-electron chi connectivity index (χ3n) is 3.54. The van der Waals surface area contributed by atoms with E-state index >= 15 is 0 Å². The normalized spacial score (nSPS) is 18.2. The van der Waals surface area contributed by atoms with E-state index in [0.29, 0.717) is 39.1 Å². The first-order valence-electron chi connectivity index (χ1n) is 6.82. The number of aryl methyl sites for hydroxylation is 1. The van der Waals surface area contributed by atoms with Gasteiger partial charge in [0.15, 0.2) is 0 Å². The lowest BCUT2D eigenvalue weighted by Crippen LogP contribution is -2.49. The average molecular weight is 299 g/mol. The number of sulfonamides is 1. The monoisotopic (exact) mass is 299 g/mol. The molecule has 20 heavy (non-hydrogen) atoms. The molecule has 1 aromatic heterocycles. The summed E-state index contributed by atoms with van der Waals surface area (Å²) in [5, 5.41) is 8.88. The molecule has 1 fully saturated rings. The van der Waals surface area contributed by atoms with Gasteiger partial charge in [-0.05, 0) is 24.1 Å². The Labute approximate surface area is 120 Å². The molecule has 2 heterocycles. The van der Waals surface area contributed by atoms with Gasteiger partial charge in [0.1, 0.15) is 0 Å². The Morgan fingerprint density at radius 3 is 2.40 bits per heavy atom. The van der Waals surface area contributed by atoms with Crippen molar-refractivity contribution < 1.29 is 13.5 Å². The zero-order chi connectivity index (χ0) is 14.4. The Morgan fingerprint density at radius 2 is 1.80 bits per heavy atom. The van der Waals surface area contributed by atoms with Crippen molar-refractivity contribution in [3.05, 3.63) is 30.1 Å². The molecular formula is C13H21N3O3S. The molecule has 0 bridgehead atoms. The molecule has 0 unspecified atom stereocenters. The van der Waals surface area contributed by atoms with Crippen LogP contribution in [-0.4, -0.2) is 72.8 Å². The second-order valence-electron chi connectivity index (χ2n) is 4.89. The third kappa shape index (κ3) is 4.24. The summed E-state index contributed by atoms with van der Waals surface area (Å²) in [6.45, 7) is 3.14. The highest BCUT2D eigenvalue weighted by Crippen LogP contribution is 2.10. The van der Waals surface area contributed by atoms with Crippen LogP contribution in [0.15, 0.2) is 24.5 Å². The number of β-amino-alcohol motifs (C(OH)–C–C–N with tert-alkyl or cyclic N) is 1. The number of aliphatic hydroxyl groups excluding tert-OH is 1. The molecule has 0 atom stereocenters. The van der Waals surface area contributed by atoms with E-state index in [9.17, 15) is 8.42 Å². The molecular weight excluding hydrogens is 278 g/mol. The highest BCUT2D eigenvalue weighted by Gasteiger charge is 2.26. The lowest BCUT2D eigenvalue weighted by atomic mass is 10.2. The zero-order valence-electron chi connectivity index (χ0n) is 11.5. The Morgan fingerprint density at radius 1 is 1.15 bits per heavy atom. The van der Waals surface area contributed by atoms with Crippen LogP contribution in [-0.2, 0) is 16.4 Å². The van der Waals surface area contributed by atoms with Crippen LogP contribution in [0.2, 0.25) is 0 Å². The van der Waals surface area contributed by atoms with Crippen molar-refractivity contribution in [2.75, 3.05) is 45.1 Å². The van der Waals surface area contributed by atoms with Gasteiger partial charge < -0.3 is 5.11 Å². The third-order valence-corrected chi connectivity index (χ3v) is 5.41. The van der Waals surface area contributed by atoms with Gasteiger partial charge >= 0.3 is 0 Å². The number of hydrogen-bond acceptors (Lipinski definition) is 5. The maximum Gasteiger partial charge on any atom is 0.214 e. The van der Waals surface area contributed by atoms with E-state index in [1.54, 1.807) is 16.7 Å². The molecule has 0 spiro atoms. The highest BCUT2D eigenvalue weighted by atomic mass is 32.2. The number of aromatic nitrogens is 1. The van der Waals surface area contributed by atoms with Crippen LogP contribution in [0.1, 0.15) is 5.56 Å². The summed E-state index contributed by atoms with van der Waals surface area (Å²) in [5.41, 5.74) is 0.988. The first-order valence-corrected chi connectivity index (χ1v) is 8.43. The fraction of sp³-hybridized carbons (Fsp3) is 0.615. The molecule has 1 aliphatic heterocycles. The van der Waals surface area contributed by atoms with Crippen molar-refractivity contribution in [2.24, 2.45) is 0 Å². The fourth-order valence-corrected chi connectivity index (χ4v) is 3.77. The van der Waals surface area contributed by atoms with E-state index in [0.717, 1.165) is 5.56 Å². The van der Waals surface area contributed by atoms with Crippen LogP contribution in [0.4, 0.5) is 0 Å². The first kappa shape index (κ1) is 15.4. The average Bonchev–Trinajstić information content (AvgIpc) is 2.47. The molecule has 112 valence electrons. The largest absolute Gasteiger partial charge is 0.395 e. The molecule has 0 saturated carbocycles. The number of rotatable bonds is 6. The van der Waals surface area contributed by atoms with Crippen LogP contribution >= 0.6 is 0 Å². The van der Waals surface area contributed by atoms with E-state index in [-0.39, 0.29) is 12.4 Å². The quantitative estimate of drug-likeness (QED) is 0.771. The highest BCUT2D eigenvalue weighted by molar-refractivity contribution is 7.89. The van der Waals surface area contributed by atoms with E-state index in [2.05, 4.69) is 9.88 Å². The summed E-state index contributed by atoms with van der Waals surface area (Å²) in [6.07, 6.45) is 3.87. The molecule has 0 aliphatic carbocycles. The Hall–Kier alpha value is -1.02. The van der Waals surface area contributed by atoms with Gasteiger partial charge in [-0.15, -0.1) is 0 Å². The molecule has 1 N–H and O–H groups in total. The molecule has 0 amide bonds. The van der Waals surface area contributed by atoms with Crippen LogP contribution < -0.4 is 0 Å². The van der Waals surface area contributed by atoms with Gasteiger partial charge in [0.2, 0.25) is 10.0 Å². The molecule has 6 nitrogen and oxygen atoms in total. The number of nitrogens with zero attached hydrogens (tertiary/aromatic N) is 3. The van der Waals surface area contributed by atoms with Crippen molar-refractivity contribution in [1.82, 2.24) is 14.2 Å². The van der Waals surface area contributed by atoms with Gasteiger partial charge in [-0.1, -0.05) is 0 Å². The number of hydrogen-bond donors (Lipinski definition) is 1. The molecule has 0 aromatic carbocycles. The summed E-state index contributed by atoms with van der Waals surface area (Å²) in [5.74, 6) is 0.136. The van der Waals surface area contributed by atoms with Gasteiger partial charge in [-0.3, -0.25) is 9.88 Å². The molecule has 1 aromatic rings. The lowest BCUT2D eigenvalue weighted by Gasteiger charge is -2.33. The lowest BCUT2D eigenvalue weighted by molar-refractivity contribution is 0.151. The Balaban J connectivity index is 1.85. The topological polar surface area (TPSA) is 73.7 Å². The Kier molecular flexibility index (Phi) is 5.47. The standard InChI is InChI=1S/C13H21N3O3S/c17-11-10-15-6-8-16(9-7-15)20(18,19)12-3-13-1-4-14-5-2-13/h1-2,4-5,17H,3,6-12H2. The predicted octanol–water partition coefficient (Wildman–Crippen LogP) is -0.436. The summed E-state index contributed by atoms with van der Waals surface area (Å²) in [7, 11) is -3.20. The van der Waals surface area contributed by atoms with Crippen molar-refractivity contribution in [3.8, 4) is 0 Å². The maximum absolute atomic E-state index is 12.3. The second kappa shape index (κ2) is 7.12.